The fourth-order valence-electron chi connectivity index (χ4n) is 2.52. The van der Waals surface area contributed by atoms with E-state index >= 15 is 0 Å². The molecule has 22 heavy (non-hydrogen) atoms. The SMILES string of the molecule is CCc1cnc(N2CCN(C(=O)c3cnn(C)c3)CC2)nc1. The van der Waals surface area contributed by atoms with Crippen LogP contribution >= 0.6 is 0 Å². The fraction of sp³-hybridized carbons (Fsp3) is 0.467. The fourth-order valence-corrected chi connectivity index (χ4v) is 2.52. The summed E-state index contributed by atoms with van der Waals surface area (Å²) in [6.45, 7) is 4.93. The maximum Gasteiger partial charge on any atom is 0.257 e. The third-order valence-corrected chi connectivity index (χ3v) is 3.90. The second-order valence-corrected chi connectivity index (χ2v) is 5.43. The molecule has 3 heterocycles. The van der Waals surface area contributed by atoms with Gasteiger partial charge in [-0.25, -0.2) is 9.97 Å². The molecule has 0 aromatic carbocycles. The number of amides is 1. The average molecular weight is 300 g/mol. The van der Waals surface area contributed by atoms with Gasteiger partial charge in [-0.05, 0) is 12.0 Å². The molecule has 1 amide bonds. The summed E-state index contributed by atoms with van der Waals surface area (Å²) in [6, 6.07) is 0. The van der Waals surface area contributed by atoms with Crippen LogP contribution in [0.5, 0.6) is 0 Å². The average Bonchev–Trinajstić information content (AvgIpc) is 3.01. The molecule has 0 atom stereocenters. The second-order valence-electron chi connectivity index (χ2n) is 5.43. The Kier molecular flexibility index (Phi) is 4.04. The summed E-state index contributed by atoms with van der Waals surface area (Å²) >= 11 is 0. The summed E-state index contributed by atoms with van der Waals surface area (Å²) in [5.41, 5.74) is 1.77. The van der Waals surface area contributed by atoms with Gasteiger partial charge in [-0.1, -0.05) is 6.92 Å². The molecule has 1 aliphatic heterocycles. The standard InChI is InChI=1S/C15H20N6O/c1-3-12-8-16-15(17-9-12)21-6-4-20(5-7-21)14(22)13-10-18-19(2)11-13/h8-11H,3-7H2,1-2H3. The predicted molar refractivity (Wildman–Crippen MR) is 82.7 cm³/mol. The topological polar surface area (TPSA) is 67.2 Å². The molecule has 7 nitrogen and oxygen atoms in total. The molecular formula is C15H20N6O. The summed E-state index contributed by atoms with van der Waals surface area (Å²) in [5, 5.41) is 4.05. The number of aryl methyl sites for hydroxylation is 2. The monoisotopic (exact) mass is 300 g/mol. The minimum Gasteiger partial charge on any atom is -0.337 e. The number of hydrogen-bond donors (Lipinski definition) is 0. The molecule has 2 aromatic heterocycles. The molecule has 0 radical (unpaired) electrons. The Labute approximate surface area is 129 Å². The second kappa shape index (κ2) is 6.13. The van der Waals surface area contributed by atoms with E-state index in [4.69, 9.17) is 0 Å². The van der Waals surface area contributed by atoms with Gasteiger partial charge in [0.15, 0.2) is 0 Å². The first kappa shape index (κ1) is 14.5. The van der Waals surface area contributed by atoms with Crippen LogP contribution in [0.3, 0.4) is 0 Å². The molecule has 0 saturated carbocycles. The lowest BCUT2D eigenvalue weighted by Gasteiger charge is -2.34. The van der Waals surface area contributed by atoms with Crippen LogP contribution in [-0.2, 0) is 13.5 Å². The van der Waals surface area contributed by atoms with Crippen molar-refractivity contribution in [2.24, 2.45) is 7.05 Å². The highest BCUT2D eigenvalue weighted by molar-refractivity contribution is 5.93. The molecule has 1 saturated heterocycles. The van der Waals surface area contributed by atoms with Gasteiger partial charge in [0.2, 0.25) is 5.95 Å². The normalized spacial score (nSPS) is 15.2. The van der Waals surface area contributed by atoms with Crippen LogP contribution in [0.25, 0.3) is 0 Å². The Bertz CT molecular complexity index is 642. The van der Waals surface area contributed by atoms with Crippen molar-refractivity contribution in [3.63, 3.8) is 0 Å². The number of hydrogen-bond acceptors (Lipinski definition) is 5. The van der Waals surface area contributed by atoms with E-state index in [9.17, 15) is 4.79 Å². The van der Waals surface area contributed by atoms with E-state index < -0.39 is 0 Å². The highest BCUT2D eigenvalue weighted by Crippen LogP contribution is 2.13. The van der Waals surface area contributed by atoms with Crippen molar-refractivity contribution in [3.05, 3.63) is 35.9 Å². The van der Waals surface area contributed by atoms with E-state index in [1.807, 2.05) is 24.3 Å². The van der Waals surface area contributed by atoms with Crippen LogP contribution in [0.4, 0.5) is 5.95 Å². The van der Waals surface area contributed by atoms with Crippen LogP contribution in [0.1, 0.15) is 22.8 Å². The first-order valence-electron chi connectivity index (χ1n) is 7.51. The smallest absolute Gasteiger partial charge is 0.257 e. The van der Waals surface area contributed by atoms with Crippen molar-refractivity contribution in [3.8, 4) is 0 Å². The van der Waals surface area contributed by atoms with Crippen molar-refractivity contribution in [2.45, 2.75) is 13.3 Å². The number of rotatable bonds is 3. The quantitative estimate of drug-likeness (QED) is 0.836. The molecule has 0 unspecified atom stereocenters. The van der Waals surface area contributed by atoms with Crippen LogP contribution in [-0.4, -0.2) is 56.7 Å². The first-order valence-corrected chi connectivity index (χ1v) is 7.51. The summed E-state index contributed by atoms with van der Waals surface area (Å²) in [4.78, 5) is 25.1. The number of carbonyl (C=O) groups is 1. The van der Waals surface area contributed by atoms with E-state index in [1.54, 1.807) is 17.1 Å². The van der Waals surface area contributed by atoms with Crippen molar-refractivity contribution >= 4 is 11.9 Å². The number of aromatic nitrogens is 4. The number of nitrogens with zero attached hydrogens (tertiary/aromatic N) is 6. The third kappa shape index (κ3) is 2.93. The minimum absolute atomic E-state index is 0.0370. The molecule has 2 aromatic rings. The number of carbonyl (C=O) groups excluding carboxylic acids is 1. The number of anilines is 1. The highest BCUT2D eigenvalue weighted by atomic mass is 16.2. The predicted octanol–water partition coefficient (Wildman–Crippen LogP) is 0.735. The Hall–Kier alpha value is -2.44. The maximum absolute atomic E-state index is 12.4. The van der Waals surface area contributed by atoms with E-state index in [-0.39, 0.29) is 5.91 Å². The van der Waals surface area contributed by atoms with E-state index in [0.29, 0.717) is 18.7 Å². The molecule has 1 aliphatic rings. The number of piperazine rings is 1. The summed E-state index contributed by atoms with van der Waals surface area (Å²) < 4.78 is 1.65. The lowest BCUT2D eigenvalue weighted by Crippen LogP contribution is -2.49. The van der Waals surface area contributed by atoms with Gasteiger partial charge in [0.05, 0.1) is 11.8 Å². The largest absolute Gasteiger partial charge is 0.337 e. The van der Waals surface area contributed by atoms with Crippen molar-refractivity contribution in [1.29, 1.82) is 0 Å². The van der Waals surface area contributed by atoms with E-state index in [1.165, 1.54) is 0 Å². The van der Waals surface area contributed by atoms with Crippen molar-refractivity contribution in [1.82, 2.24) is 24.6 Å². The molecule has 3 rings (SSSR count). The van der Waals surface area contributed by atoms with Crippen LogP contribution < -0.4 is 4.90 Å². The van der Waals surface area contributed by atoms with Gasteiger partial charge in [-0.3, -0.25) is 9.48 Å². The Balaban J connectivity index is 1.61. The third-order valence-electron chi connectivity index (χ3n) is 3.90. The van der Waals surface area contributed by atoms with Gasteiger partial charge in [0.25, 0.3) is 5.91 Å². The van der Waals surface area contributed by atoms with Crippen molar-refractivity contribution in [2.75, 3.05) is 31.1 Å². The van der Waals surface area contributed by atoms with Gasteiger partial charge in [0.1, 0.15) is 0 Å². The molecule has 116 valence electrons. The summed E-state index contributed by atoms with van der Waals surface area (Å²) in [6.07, 6.45) is 8.04. The Morgan fingerprint density at radius 3 is 2.36 bits per heavy atom. The van der Waals surface area contributed by atoms with Gasteiger partial charge in [0, 0.05) is 51.8 Å². The van der Waals surface area contributed by atoms with Crippen LogP contribution in [0, 0.1) is 0 Å². The zero-order chi connectivity index (χ0) is 15.5. The summed E-state index contributed by atoms with van der Waals surface area (Å²) in [7, 11) is 1.81. The molecule has 0 N–H and O–H groups in total. The molecule has 0 bridgehead atoms. The molecule has 1 fully saturated rings. The van der Waals surface area contributed by atoms with Gasteiger partial charge in [-0.2, -0.15) is 5.10 Å². The zero-order valence-electron chi connectivity index (χ0n) is 12.9. The Morgan fingerprint density at radius 1 is 1.14 bits per heavy atom. The van der Waals surface area contributed by atoms with Crippen LogP contribution in [0.15, 0.2) is 24.8 Å². The van der Waals surface area contributed by atoms with Gasteiger partial charge < -0.3 is 9.80 Å². The lowest BCUT2D eigenvalue weighted by molar-refractivity contribution is 0.0746. The molecular weight excluding hydrogens is 280 g/mol. The highest BCUT2D eigenvalue weighted by Gasteiger charge is 2.24. The molecule has 7 heteroatoms. The molecule has 0 aliphatic carbocycles. The lowest BCUT2D eigenvalue weighted by atomic mass is 10.2. The van der Waals surface area contributed by atoms with Gasteiger partial charge >= 0.3 is 0 Å². The van der Waals surface area contributed by atoms with E-state index in [0.717, 1.165) is 31.0 Å². The van der Waals surface area contributed by atoms with Crippen LogP contribution in [0.2, 0.25) is 0 Å². The van der Waals surface area contributed by atoms with E-state index in [2.05, 4.69) is 26.9 Å². The minimum atomic E-state index is 0.0370. The molecule has 0 spiro atoms. The zero-order valence-corrected chi connectivity index (χ0v) is 12.9. The van der Waals surface area contributed by atoms with Gasteiger partial charge in [-0.15, -0.1) is 0 Å². The first-order chi connectivity index (χ1) is 10.7. The Morgan fingerprint density at radius 2 is 1.82 bits per heavy atom. The summed E-state index contributed by atoms with van der Waals surface area (Å²) in [5.74, 6) is 0.778. The maximum atomic E-state index is 12.4. The van der Waals surface area contributed by atoms with Crippen molar-refractivity contribution < 1.29 is 4.79 Å².